The van der Waals surface area contributed by atoms with Crippen molar-refractivity contribution < 1.29 is 33.3 Å². The van der Waals surface area contributed by atoms with Gasteiger partial charge in [-0.3, -0.25) is 9.78 Å². The van der Waals surface area contributed by atoms with Crippen LogP contribution in [-0.2, 0) is 17.9 Å². The number of carboxylic acid groups (broad SMARTS) is 1. The van der Waals surface area contributed by atoms with Gasteiger partial charge in [0.25, 0.3) is 6.01 Å². The van der Waals surface area contributed by atoms with E-state index in [2.05, 4.69) is 4.98 Å². The summed E-state index contributed by atoms with van der Waals surface area (Å²) in [5.41, 5.74) is 4.00. The van der Waals surface area contributed by atoms with E-state index in [1.54, 1.807) is 40.8 Å². The number of methoxy groups -OCH3 is 4. The number of rotatable bonds is 11. The van der Waals surface area contributed by atoms with Crippen molar-refractivity contribution in [3.05, 3.63) is 65.5 Å². The molecule has 10 heteroatoms. The SMILES string of the molecule is COc1ccc(CN(Cc2ccc(OC)cc2OC)c2nc3cncc(C4CCC[C@@H](C(=O)O)C4)c3o2)c(OC)c1. The van der Waals surface area contributed by atoms with Crippen LogP contribution in [0.15, 0.2) is 53.2 Å². The Kier molecular flexibility index (Phi) is 8.47. The first-order chi connectivity index (χ1) is 19.9. The van der Waals surface area contributed by atoms with E-state index in [1.807, 2.05) is 41.3 Å². The molecule has 1 aliphatic carbocycles. The zero-order valence-electron chi connectivity index (χ0n) is 23.8. The number of benzene rings is 2. The first kappa shape index (κ1) is 28.1. The van der Waals surface area contributed by atoms with Crippen LogP contribution in [0.4, 0.5) is 6.01 Å². The summed E-state index contributed by atoms with van der Waals surface area (Å²) in [6.07, 6.45) is 6.45. The Balaban J connectivity index is 1.55. The molecule has 41 heavy (non-hydrogen) atoms. The minimum Gasteiger partial charge on any atom is -0.497 e. The molecule has 0 radical (unpaired) electrons. The monoisotopic (exact) mass is 561 g/mol. The molecule has 216 valence electrons. The zero-order chi connectivity index (χ0) is 28.9. The van der Waals surface area contributed by atoms with Crippen molar-refractivity contribution in [2.45, 2.75) is 44.7 Å². The van der Waals surface area contributed by atoms with Gasteiger partial charge in [0.05, 0.1) is 53.6 Å². The van der Waals surface area contributed by atoms with E-state index in [0.29, 0.717) is 66.0 Å². The molecule has 10 nitrogen and oxygen atoms in total. The van der Waals surface area contributed by atoms with Gasteiger partial charge < -0.3 is 33.4 Å². The van der Waals surface area contributed by atoms with E-state index in [-0.39, 0.29) is 11.8 Å². The maximum absolute atomic E-state index is 11.7. The Morgan fingerprint density at radius 3 is 2.12 bits per heavy atom. The highest BCUT2D eigenvalue weighted by atomic mass is 16.5. The van der Waals surface area contributed by atoms with Crippen LogP contribution in [0.1, 0.15) is 48.3 Å². The van der Waals surface area contributed by atoms with Crippen molar-refractivity contribution in [3.63, 3.8) is 0 Å². The summed E-state index contributed by atoms with van der Waals surface area (Å²) >= 11 is 0. The van der Waals surface area contributed by atoms with Crippen LogP contribution in [0, 0.1) is 5.92 Å². The predicted octanol–water partition coefficient (Wildman–Crippen LogP) is 5.82. The van der Waals surface area contributed by atoms with Crippen LogP contribution in [0.5, 0.6) is 23.0 Å². The van der Waals surface area contributed by atoms with Gasteiger partial charge >= 0.3 is 5.97 Å². The highest BCUT2D eigenvalue weighted by molar-refractivity contribution is 5.78. The number of aliphatic carboxylic acids is 1. The lowest BCUT2D eigenvalue weighted by molar-refractivity contribution is -0.143. The van der Waals surface area contributed by atoms with E-state index < -0.39 is 5.97 Å². The molecule has 2 aromatic heterocycles. The fraction of sp³-hybridized carbons (Fsp3) is 0.387. The number of ether oxygens (including phenoxy) is 4. The van der Waals surface area contributed by atoms with Crippen molar-refractivity contribution in [3.8, 4) is 23.0 Å². The van der Waals surface area contributed by atoms with Gasteiger partial charge in [0.1, 0.15) is 28.5 Å². The van der Waals surface area contributed by atoms with Crippen molar-refractivity contribution in [2.24, 2.45) is 5.92 Å². The van der Waals surface area contributed by atoms with E-state index in [1.165, 1.54) is 0 Å². The molecule has 0 aliphatic heterocycles. The maximum atomic E-state index is 11.7. The normalized spacial score (nSPS) is 16.8. The van der Waals surface area contributed by atoms with E-state index in [4.69, 9.17) is 28.3 Å². The molecule has 4 aromatic rings. The van der Waals surface area contributed by atoms with Gasteiger partial charge in [-0.15, -0.1) is 0 Å². The number of hydrogen-bond acceptors (Lipinski definition) is 9. The average molecular weight is 562 g/mol. The second-order valence-electron chi connectivity index (χ2n) is 10.2. The Bertz CT molecular complexity index is 1460. The number of anilines is 1. The molecule has 1 unspecified atom stereocenters. The number of nitrogens with zero attached hydrogens (tertiary/aromatic N) is 3. The number of carboxylic acids is 1. The highest BCUT2D eigenvalue weighted by Crippen LogP contribution is 2.40. The number of pyridine rings is 1. The third-order valence-electron chi connectivity index (χ3n) is 7.76. The third kappa shape index (κ3) is 6.01. The molecule has 0 amide bonds. The summed E-state index contributed by atoms with van der Waals surface area (Å²) in [6.45, 7) is 0.838. The molecule has 2 atom stereocenters. The topological polar surface area (TPSA) is 116 Å². The molecule has 1 aliphatic rings. The van der Waals surface area contributed by atoms with Crippen LogP contribution in [0.2, 0.25) is 0 Å². The first-order valence-electron chi connectivity index (χ1n) is 13.6. The minimum atomic E-state index is -0.749. The van der Waals surface area contributed by atoms with Crippen LogP contribution in [0.3, 0.4) is 0 Å². The smallest absolute Gasteiger partial charge is 0.306 e. The van der Waals surface area contributed by atoms with Crippen molar-refractivity contribution in [1.82, 2.24) is 9.97 Å². The lowest BCUT2D eigenvalue weighted by Gasteiger charge is -2.26. The van der Waals surface area contributed by atoms with Crippen LogP contribution in [0.25, 0.3) is 11.1 Å². The molecular weight excluding hydrogens is 526 g/mol. The standard InChI is InChI=1S/C31H35N3O7/c1-37-23-10-8-21(27(13-23)39-3)17-34(18-22-9-11-24(38-2)14-28(22)40-4)31-33-26-16-32-15-25(29(26)41-31)19-6-5-7-20(12-19)30(35)36/h8-11,13-16,19-20H,5-7,12,17-18H2,1-4H3,(H,35,36)/t19?,20-/m1/s1. The number of aromatic nitrogens is 2. The summed E-state index contributed by atoms with van der Waals surface area (Å²) < 4.78 is 28.6. The van der Waals surface area contributed by atoms with Crippen LogP contribution >= 0.6 is 0 Å². The molecule has 0 bridgehead atoms. The lowest BCUT2D eigenvalue weighted by Crippen LogP contribution is -2.23. The van der Waals surface area contributed by atoms with E-state index >= 15 is 0 Å². The molecule has 0 saturated heterocycles. The minimum absolute atomic E-state index is 0.0404. The Hall–Kier alpha value is -4.47. The molecule has 5 rings (SSSR count). The van der Waals surface area contributed by atoms with E-state index in [9.17, 15) is 9.90 Å². The summed E-state index contributed by atoms with van der Waals surface area (Å²) in [5.74, 6) is 1.66. The average Bonchev–Trinajstić information content (AvgIpc) is 3.45. The summed E-state index contributed by atoms with van der Waals surface area (Å²) in [4.78, 5) is 23.0. The lowest BCUT2D eigenvalue weighted by atomic mass is 9.78. The Morgan fingerprint density at radius 1 is 0.927 bits per heavy atom. The Morgan fingerprint density at radius 2 is 1.56 bits per heavy atom. The molecule has 1 N–H and O–H groups in total. The molecule has 0 spiro atoms. The highest BCUT2D eigenvalue weighted by Gasteiger charge is 2.30. The second kappa shape index (κ2) is 12.4. The van der Waals surface area contributed by atoms with Gasteiger partial charge in [0.2, 0.25) is 0 Å². The second-order valence-corrected chi connectivity index (χ2v) is 10.2. The van der Waals surface area contributed by atoms with Gasteiger partial charge in [0, 0.05) is 35.0 Å². The molecule has 2 aromatic carbocycles. The quantitative estimate of drug-likeness (QED) is 0.240. The molecule has 1 saturated carbocycles. The maximum Gasteiger partial charge on any atom is 0.306 e. The molecular formula is C31H35N3O7. The fourth-order valence-electron chi connectivity index (χ4n) is 5.55. The largest absolute Gasteiger partial charge is 0.497 e. The van der Waals surface area contributed by atoms with Gasteiger partial charge in [-0.1, -0.05) is 6.42 Å². The predicted molar refractivity (Wildman–Crippen MR) is 153 cm³/mol. The van der Waals surface area contributed by atoms with Crippen molar-refractivity contribution in [2.75, 3.05) is 33.3 Å². The number of oxazole rings is 1. The van der Waals surface area contributed by atoms with Crippen LogP contribution in [-0.4, -0.2) is 49.5 Å². The summed E-state index contributed by atoms with van der Waals surface area (Å²) in [5, 5.41) is 9.63. The summed E-state index contributed by atoms with van der Waals surface area (Å²) in [6, 6.07) is 11.8. The van der Waals surface area contributed by atoms with E-state index in [0.717, 1.165) is 29.5 Å². The zero-order valence-corrected chi connectivity index (χ0v) is 23.8. The van der Waals surface area contributed by atoms with Gasteiger partial charge in [-0.2, -0.15) is 4.98 Å². The van der Waals surface area contributed by atoms with Crippen molar-refractivity contribution in [1.29, 1.82) is 0 Å². The number of fused-ring (bicyclic) bond motifs is 1. The van der Waals surface area contributed by atoms with Gasteiger partial charge in [0.15, 0.2) is 5.58 Å². The van der Waals surface area contributed by atoms with Gasteiger partial charge in [-0.05, 0) is 49.4 Å². The number of hydrogen-bond donors (Lipinski definition) is 1. The van der Waals surface area contributed by atoms with Crippen LogP contribution < -0.4 is 23.8 Å². The molecule has 1 fully saturated rings. The Labute approximate surface area is 238 Å². The summed E-state index contributed by atoms with van der Waals surface area (Å²) in [7, 11) is 6.49. The molecule has 2 heterocycles. The fourth-order valence-corrected chi connectivity index (χ4v) is 5.55. The van der Waals surface area contributed by atoms with Gasteiger partial charge in [-0.25, -0.2) is 0 Å². The third-order valence-corrected chi connectivity index (χ3v) is 7.76. The number of carbonyl (C=O) groups is 1. The van der Waals surface area contributed by atoms with Crippen molar-refractivity contribution >= 4 is 23.1 Å². The first-order valence-corrected chi connectivity index (χ1v) is 13.6.